The molecule has 1 aliphatic rings. The Labute approximate surface area is 153 Å². The fourth-order valence-corrected chi connectivity index (χ4v) is 3.98. The fourth-order valence-electron chi connectivity index (χ4n) is 2.65. The van der Waals surface area contributed by atoms with Crippen LogP contribution in [0.3, 0.4) is 0 Å². The molecule has 1 amide bonds. The molecule has 0 radical (unpaired) electrons. The summed E-state index contributed by atoms with van der Waals surface area (Å²) in [4.78, 5) is 25.2. The first kappa shape index (κ1) is 20.3. The van der Waals surface area contributed by atoms with E-state index in [1.165, 1.54) is 29.2 Å². The first-order valence-electron chi connectivity index (χ1n) is 8.47. The smallest absolute Gasteiger partial charge is 0.305 e. The molecule has 0 aromatic heterocycles. The van der Waals surface area contributed by atoms with E-state index in [9.17, 15) is 18.0 Å². The van der Waals surface area contributed by atoms with Crippen LogP contribution in [0.4, 0.5) is 0 Å². The standard InChI is InChI=1S/C17H24N2O6S/c1-3-12(2)18-26(23,24)15-6-4-13(5-7-15)17(22)19-8-9-25-11-14(19)10-16(20)21/h4-7,12,14,18H,3,8-11H2,1-2H3,(H,20,21). The molecule has 1 aliphatic heterocycles. The van der Waals surface area contributed by atoms with Crippen LogP contribution in [0.1, 0.15) is 37.0 Å². The van der Waals surface area contributed by atoms with Crippen molar-refractivity contribution in [2.24, 2.45) is 0 Å². The molecule has 1 fully saturated rings. The van der Waals surface area contributed by atoms with E-state index in [0.29, 0.717) is 25.1 Å². The molecule has 2 N–H and O–H groups in total. The molecule has 1 heterocycles. The van der Waals surface area contributed by atoms with Gasteiger partial charge in [-0.1, -0.05) is 6.92 Å². The van der Waals surface area contributed by atoms with Gasteiger partial charge < -0.3 is 14.7 Å². The molecule has 1 saturated heterocycles. The van der Waals surface area contributed by atoms with Gasteiger partial charge >= 0.3 is 5.97 Å². The number of hydrogen-bond donors (Lipinski definition) is 2. The van der Waals surface area contributed by atoms with E-state index in [2.05, 4.69) is 4.72 Å². The van der Waals surface area contributed by atoms with Crippen molar-refractivity contribution in [3.8, 4) is 0 Å². The highest BCUT2D eigenvalue weighted by atomic mass is 32.2. The van der Waals surface area contributed by atoms with Gasteiger partial charge in [-0.15, -0.1) is 0 Å². The maximum absolute atomic E-state index is 12.7. The van der Waals surface area contributed by atoms with E-state index in [-0.39, 0.29) is 29.9 Å². The summed E-state index contributed by atoms with van der Waals surface area (Å²) in [5.74, 6) is -1.34. The lowest BCUT2D eigenvalue weighted by Gasteiger charge is -2.34. The minimum Gasteiger partial charge on any atom is -0.481 e. The number of nitrogens with one attached hydrogen (secondary N) is 1. The molecular weight excluding hydrogens is 360 g/mol. The van der Waals surface area contributed by atoms with E-state index in [1.807, 2.05) is 6.92 Å². The third kappa shape index (κ3) is 5.03. The van der Waals surface area contributed by atoms with Gasteiger partial charge in [-0.05, 0) is 37.6 Å². The third-order valence-electron chi connectivity index (χ3n) is 4.28. The van der Waals surface area contributed by atoms with Crippen molar-refractivity contribution < 1.29 is 27.9 Å². The van der Waals surface area contributed by atoms with Crippen LogP contribution in [0.5, 0.6) is 0 Å². The predicted molar refractivity (Wildman–Crippen MR) is 94.4 cm³/mol. The summed E-state index contributed by atoms with van der Waals surface area (Å²) in [6.45, 7) is 4.46. The largest absolute Gasteiger partial charge is 0.481 e. The summed E-state index contributed by atoms with van der Waals surface area (Å²) in [6.07, 6.45) is 0.467. The zero-order valence-electron chi connectivity index (χ0n) is 14.8. The number of sulfonamides is 1. The van der Waals surface area contributed by atoms with Crippen molar-refractivity contribution in [3.05, 3.63) is 29.8 Å². The highest BCUT2D eigenvalue weighted by Crippen LogP contribution is 2.17. The van der Waals surface area contributed by atoms with Crippen molar-refractivity contribution in [2.45, 2.75) is 43.7 Å². The average molecular weight is 384 g/mol. The fraction of sp³-hybridized carbons (Fsp3) is 0.529. The molecule has 0 bridgehead atoms. The highest BCUT2D eigenvalue weighted by Gasteiger charge is 2.30. The molecule has 1 aromatic rings. The van der Waals surface area contributed by atoms with E-state index >= 15 is 0 Å². The van der Waals surface area contributed by atoms with Crippen LogP contribution in [0.15, 0.2) is 29.2 Å². The average Bonchev–Trinajstić information content (AvgIpc) is 2.61. The first-order valence-corrected chi connectivity index (χ1v) is 9.95. The van der Waals surface area contributed by atoms with Gasteiger partial charge in [0.05, 0.1) is 30.6 Å². The zero-order valence-corrected chi connectivity index (χ0v) is 15.7. The second-order valence-corrected chi connectivity index (χ2v) is 7.99. The molecule has 9 heteroatoms. The molecule has 0 spiro atoms. The second-order valence-electron chi connectivity index (χ2n) is 6.28. The number of morpholine rings is 1. The van der Waals surface area contributed by atoms with Crippen molar-refractivity contribution in [1.29, 1.82) is 0 Å². The molecule has 0 saturated carbocycles. The molecule has 0 aliphatic carbocycles. The van der Waals surface area contributed by atoms with Gasteiger partial charge in [0, 0.05) is 18.2 Å². The number of carbonyl (C=O) groups excluding carboxylic acids is 1. The van der Waals surface area contributed by atoms with Crippen LogP contribution in [0.25, 0.3) is 0 Å². The summed E-state index contributed by atoms with van der Waals surface area (Å²) in [5, 5.41) is 8.99. The number of amides is 1. The number of carboxylic acids is 1. The van der Waals surface area contributed by atoms with Gasteiger partial charge in [-0.2, -0.15) is 0 Å². The topological polar surface area (TPSA) is 113 Å². The maximum atomic E-state index is 12.7. The molecule has 2 rings (SSSR count). The van der Waals surface area contributed by atoms with Gasteiger partial charge in [0.25, 0.3) is 5.91 Å². The van der Waals surface area contributed by atoms with Crippen LogP contribution >= 0.6 is 0 Å². The Balaban J connectivity index is 2.16. The normalized spacial score (nSPS) is 19.2. The molecule has 8 nitrogen and oxygen atoms in total. The lowest BCUT2D eigenvalue weighted by Crippen LogP contribution is -2.49. The van der Waals surface area contributed by atoms with Crippen LogP contribution in [-0.2, 0) is 19.6 Å². The summed E-state index contributed by atoms with van der Waals surface area (Å²) < 4.78 is 32.4. The molecule has 1 aromatic carbocycles. The van der Waals surface area contributed by atoms with Gasteiger partial charge in [0.2, 0.25) is 10.0 Å². The van der Waals surface area contributed by atoms with E-state index < -0.39 is 22.0 Å². The van der Waals surface area contributed by atoms with Crippen LogP contribution < -0.4 is 4.72 Å². The van der Waals surface area contributed by atoms with Crippen molar-refractivity contribution in [3.63, 3.8) is 0 Å². The molecule has 144 valence electrons. The molecule has 26 heavy (non-hydrogen) atoms. The Morgan fingerprint density at radius 2 is 2.00 bits per heavy atom. The molecular formula is C17H24N2O6S. The number of carbonyl (C=O) groups is 2. The maximum Gasteiger partial charge on any atom is 0.305 e. The molecule has 2 atom stereocenters. The summed E-state index contributed by atoms with van der Waals surface area (Å²) in [7, 11) is -3.64. The number of hydrogen-bond acceptors (Lipinski definition) is 5. The Morgan fingerprint density at radius 3 is 2.58 bits per heavy atom. The van der Waals surface area contributed by atoms with Gasteiger partial charge in [-0.25, -0.2) is 13.1 Å². The first-order chi connectivity index (χ1) is 12.2. The van der Waals surface area contributed by atoms with Gasteiger partial charge in [0.15, 0.2) is 0 Å². The van der Waals surface area contributed by atoms with Crippen LogP contribution in [0, 0.1) is 0 Å². The van der Waals surface area contributed by atoms with Gasteiger partial charge in [-0.3, -0.25) is 9.59 Å². The quantitative estimate of drug-likeness (QED) is 0.727. The second kappa shape index (κ2) is 8.61. The lowest BCUT2D eigenvalue weighted by molar-refractivity contribution is -0.139. The molecule has 2 unspecified atom stereocenters. The minimum absolute atomic E-state index is 0.0819. The number of ether oxygens (including phenoxy) is 1. The number of nitrogens with zero attached hydrogens (tertiary/aromatic N) is 1. The van der Waals surface area contributed by atoms with Crippen molar-refractivity contribution >= 4 is 21.9 Å². The minimum atomic E-state index is -3.64. The van der Waals surface area contributed by atoms with E-state index in [4.69, 9.17) is 9.84 Å². The van der Waals surface area contributed by atoms with E-state index in [0.717, 1.165) is 0 Å². The number of rotatable bonds is 7. The number of aliphatic carboxylic acids is 1. The monoisotopic (exact) mass is 384 g/mol. The lowest BCUT2D eigenvalue weighted by atomic mass is 10.1. The predicted octanol–water partition coefficient (Wildman–Crippen LogP) is 1.08. The Kier molecular flexibility index (Phi) is 6.74. The van der Waals surface area contributed by atoms with Crippen molar-refractivity contribution in [2.75, 3.05) is 19.8 Å². The Morgan fingerprint density at radius 1 is 1.35 bits per heavy atom. The summed E-state index contributed by atoms with van der Waals surface area (Å²) in [6, 6.07) is 4.92. The number of carboxylic acid groups (broad SMARTS) is 1. The summed E-state index contributed by atoms with van der Waals surface area (Å²) >= 11 is 0. The third-order valence-corrected chi connectivity index (χ3v) is 5.88. The zero-order chi connectivity index (χ0) is 19.3. The Hall–Kier alpha value is -1.97. The van der Waals surface area contributed by atoms with Crippen LogP contribution in [0.2, 0.25) is 0 Å². The summed E-state index contributed by atoms with van der Waals surface area (Å²) in [5.41, 5.74) is 0.310. The Bertz CT molecular complexity index is 747. The number of benzene rings is 1. The van der Waals surface area contributed by atoms with Gasteiger partial charge in [0.1, 0.15) is 0 Å². The van der Waals surface area contributed by atoms with Crippen molar-refractivity contribution in [1.82, 2.24) is 9.62 Å². The SMILES string of the molecule is CCC(C)NS(=O)(=O)c1ccc(C(=O)N2CCOCC2CC(=O)O)cc1. The highest BCUT2D eigenvalue weighted by molar-refractivity contribution is 7.89. The van der Waals surface area contributed by atoms with E-state index in [1.54, 1.807) is 6.92 Å². The van der Waals surface area contributed by atoms with Crippen LogP contribution in [-0.4, -0.2) is 62.1 Å².